The average molecular weight is 235 g/mol. The third-order valence-corrected chi connectivity index (χ3v) is 2.98. The number of nitriles is 1. The number of hydrogen-bond acceptors (Lipinski definition) is 3. The summed E-state index contributed by atoms with van der Waals surface area (Å²) in [5, 5.41) is 9.62. The van der Waals surface area contributed by atoms with Crippen LogP contribution in [0.4, 0.5) is 5.69 Å². The molecule has 0 bridgehead atoms. The molecule has 4 heteroatoms. The van der Waals surface area contributed by atoms with Gasteiger partial charge in [0.25, 0.3) is 0 Å². The predicted octanol–water partition coefficient (Wildman–Crippen LogP) is 2.38. The van der Waals surface area contributed by atoms with Crippen molar-refractivity contribution in [1.82, 2.24) is 0 Å². The number of benzene rings is 1. The molecule has 2 rings (SSSR count). The molecule has 0 amide bonds. The molecule has 0 saturated carbocycles. The third-order valence-electron chi connectivity index (χ3n) is 2.74. The van der Waals surface area contributed by atoms with Gasteiger partial charge in [0.15, 0.2) is 0 Å². The average Bonchev–Trinajstić information content (AvgIpc) is 2.30. The van der Waals surface area contributed by atoms with Crippen LogP contribution in [0, 0.1) is 11.3 Å². The van der Waals surface area contributed by atoms with Crippen LogP contribution >= 0.6 is 11.6 Å². The Hall–Kier alpha value is -1.53. The van der Waals surface area contributed by atoms with Crippen molar-refractivity contribution in [3.05, 3.63) is 28.8 Å². The summed E-state index contributed by atoms with van der Waals surface area (Å²) < 4.78 is 0. The van der Waals surface area contributed by atoms with Crippen molar-refractivity contribution in [3.63, 3.8) is 0 Å². The predicted molar refractivity (Wildman–Crippen MR) is 62.6 cm³/mol. The van der Waals surface area contributed by atoms with Crippen molar-refractivity contribution in [3.8, 4) is 6.07 Å². The molecule has 0 N–H and O–H groups in total. The Morgan fingerprint density at radius 1 is 1.31 bits per heavy atom. The number of Topliss-reactive ketones (excluding diaryl/α,β-unsaturated/α-hetero) is 1. The highest BCUT2D eigenvalue weighted by molar-refractivity contribution is 6.30. The minimum absolute atomic E-state index is 0.289. The molecule has 1 aliphatic rings. The first kappa shape index (κ1) is 11.0. The fourth-order valence-electron chi connectivity index (χ4n) is 1.86. The van der Waals surface area contributed by atoms with Crippen LogP contribution in [0.5, 0.6) is 0 Å². The molecule has 0 aromatic heterocycles. The van der Waals surface area contributed by atoms with E-state index in [1.165, 1.54) is 0 Å². The Kier molecular flexibility index (Phi) is 3.12. The lowest BCUT2D eigenvalue weighted by Crippen LogP contribution is -2.34. The highest BCUT2D eigenvalue weighted by Gasteiger charge is 2.18. The molecular weight excluding hydrogens is 224 g/mol. The van der Waals surface area contributed by atoms with Gasteiger partial charge in [-0.25, -0.2) is 0 Å². The lowest BCUT2D eigenvalue weighted by molar-refractivity contribution is -0.119. The second kappa shape index (κ2) is 4.54. The summed E-state index contributed by atoms with van der Waals surface area (Å²) in [6, 6.07) is 7.36. The Morgan fingerprint density at radius 3 is 2.62 bits per heavy atom. The third kappa shape index (κ3) is 2.17. The number of anilines is 1. The molecular formula is C12H11ClN2O. The second-order valence-corrected chi connectivity index (χ2v) is 4.24. The Balaban J connectivity index is 2.29. The summed E-state index contributed by atoms with van der Waals surface area (Å²) >= 11 is 5.92. The SMILES string of the molecule is N#Cc1ccc(Cl)cc1N1CCC(=O)CC1. The monoisotopic (exact) mass is 234 g/mol. The molecule has 1 saturated heterocycles. The quantitative estimate of drug-likeness (QED) is 0.750. The number of carbonyl (C=O) groups is 1. The summed E-state index contributed by atoms with van der Waals surface area (Å²) in [7, 11) is 0. The first-order chi connectivity index (χ1) is 7.70. The van der Waals surface area contributed by atoms with Crippen LogP contribution < -0.4 is 4.90 Å². The summed E-state index contributed by atoms with van der Waals surface area (Å²) in [5.41, 5.74) is 1.45. The van der Waals surface area contributed by atoms with Gasteiger partial charge in [-0.1, -0.05) is 11.6 Å². The maximum absolute atomic E-state index is 11.1. The van der Waals surface area contributed by atoms with Crippen LogP contribution in [0.2, 0.25) is 5.02 Å². The molecule has 1 heterocycles. The van der Waals surface area contributed by atoms with Gasteiger partial charge in [-0.15, -0.1) is 0 Å². The molecule has 1 aromatic rings. The fraction of sp³-hybridized carbons (Fsp3) is 0.333. The topological polar surface area (TPSA) is 44.1 Å². The minimum Gasteiger partial charge on any atom is -0.370 e. The molecule has 0 atom stereocenters. The summed E-state index contributed by atoms with van der Waals surface area (Å²) in [5.74, 6) is 0.289. The maximum atomic E-state index is 11.1. The van der Waals surface area contributed by atoms with Crippen LogP contribution in [-0.2, 0) is 4.79 Å². The molecule has 3 nitrogen and oxygen atoms in total. The second-order valence-electron chi connectivity index (χ2n) is 3.80. The number of piperidine rings is 1. The summed E-state index contributed by atoms with van der Waals surface area (Å²) in [6.45, 7) is 1.35. The van der Waals surface area contributed by atoms with E-state index in [9.17, 15) is 4.79 Å². The molecule has 82 valence electrons. The van der Waals surface area contributed by atoms with E-state index in [2.05, 4.69) is 6.07 Å². The van der Waals surface area contributed by atoms with Crippen molar-refractivity contribution >= 4 is 23.1 Å². The molecule has 1 fully saturated rings. The van der Waals surface area contributed by atoms with Crippen molar-refractivity contribution in [1.29, 1.82) is 5.26 Å². The lowest BCUT2D eigenvalue weighted by atomic mass is 10.1. The number of hydrogen-bond donors (Lipinski definition) is 0. The first-order valence-electron chi connectivity index (χ1n) is 5.17. The molecule has 16 heavy (non-hydrogen) atoms. The first-order valence-corrected chi connectivity index (χ1v) is 5.55. The van der Waals surface area contributed by atoms with E-state index in [0.717, 1.165) is 5.69 Å². The van der Waals surface area contributed by atoms with Crippen molar-refractivity contribution in [2.45, 2.75) is 12.8 Å². The van der Waals surface area contributed by atoms with E-state index in [-0.39, 0.29) is 5.78 Å². The Bertz CT molecular complexity index is 455. The van der Waals surface area contributed by atoms with Crippen LogP contribution in [0.1, 0.15) is 18.4 Å². The standard InChI is InChI=1S/C12H11ClN2O/c13-10-2-1-9(8-14)12(7-10)15-5-3-11(16)4-6-15/h1-2,7H,3-6H2. The van der Waals surface area contributed by atoms with Crippen molar-refractivity contribution in [2.24, 2.45) is 0 Å². The minimum atomic E-state index is 0.289. The number of carbonyl (C=O) groups excluding carboxylic acids is 1. The molecule has 1 aromatic carbocycles. The van der Waals surface area contributed by atoms with Gasteiger partial charge in [0.2, 0.25) is 0 Å². The highest BCUT2D eigenvalue weighted by atomic mass is 35.5. The van der Waals surface area contributed by atoms with Crippen LogP contribution in [0.25, 0.3) is 0 Å². The fourth-order valence-corrected chi connectivity index (χ4v) is 2.02. The normalized spacial score (nSPS) is 16.0. The lowest BCUT2D eigenvalue weighted by Gasteiger charge is -2.28. The maximum Gasteiger partial charge on any atom is 0.136 e. The van der Waals surface area contributed by atoms with Crippen LogP contribution in [0.3, 0.4) is 0 Å². The molecule has 0 radical (unpaired) electrons. The zero-order chi connectivity index (χ0) is 11.5. The zero-order valence-electron chi connectivity index (χ0n) is 8.74. The number of nitrogens with zero attached hydrogens (tertiary/aromatic N) is 2. The van der Waals surface area contributed by atoms with Gasteiger partial charge in [0, 0.05) is 31.0 Å². The van der Waals surface area contributed by atoms with E-state index >= 15 is 0 Å². The molecule has 0 spiro atoms. The van der Waals surface area contributed by atoms with Crippen molar-refractivity contribution < 1.29 is 4.79 Å². The van der Waals surface area contributed by atoms with E-state index in [4.69, 9.17) is 16.9 Å². The van der Waals surface area contributed by atoms with Gasteiger partial charge < -0.3 is 4.90 Å². The van der Waals surface area contributed by atoms with Crippen LogP contribution in [0.15, 0.2) is 18.2 Å². The van der Waals surface area contributed by atoms with Gasteiger partial charge in [-0.3, -0.25) is 4.79 Å². The van der Waals surface area contributed by atoms with E-state index in [0.29, 0.717) is 36.5 Å². The van der Waals surface area contributed by atoms with Crippen molar-refractivity contribution in [2.75, 3.05) is 18.0 Å². The Morgan fingerprint density at radius 2 is 2.00 bits per heavy atom. The Labute approximate surface area is 99.2 Å². The van der Waals surface area contributed by atoms with E-state index in [1.807, 2.05) is 4.90 Å². The number of halogens is 1. The molecule has 0 unspecified atom stereocenters. The highest BCUT2D eigenvalue weighted by Crippen LogP contribution is 2.26. The smallest absolute Gasteiger partial charge is 0.136 e. The molecule has 0 aliphatic carbocycles. The largest absolute Gasteiger partial charge is 0.370 e. The van der Waals surface area contributed by atoms with E-state index in [1.54, 1.807) is 18.2 Å². The summed E-state index contributed by atoms with van der Waals surface area (Å²) in [6.07, 6.45) is 1.11. The van der Waals surface area contributed by atoms with Gasteiger partial charge in [-0.2, -0.15) is 5.26 Å². The van der Waals surface area contributed by atoms with E-state index < -0.39 is 0 Å². The number of rotatable bonds is 1. The van der Waals surface area contributed by atoms with Gasteiger partial charge >= 0.3 is 0 Å². The summed E-state index contributed by atoms with van der Waals surface area (Å²) in [4.78, 5) is 13.2. The van der Waals surface area contributed by atoms with Crippen LogP contribution in [-0.4, -0.2) is 18.9 Å². The van der Waals surface area contributed by atoms with Gasteiger partial charge in [-0.05, 0) is 18.2 Å². The number of ketones is 1. The van der Waals surface area contributed by atoms with Gasteiger partial charge in [0.05, 0.1) is 11.3 Å². The molecule has 1 aliphatic heterocycles. The zero-order valence-corrected chi connectivity index (χ0v) is 9.50. The van der Waals surface area contributed by atoms with Gasteiger partial charge in [0.1, 0.15) is 11.9 Å².